The van der Waals surface area contributed by atoms with E-state index in [1.165, 1.54) is 0 Å². The maximum absolute atomic E-state index is 11.0. The Morgan fingerprint density at radius 1 is 1.38 bits per heavy atom. The largest absolute Gasteiger partial charge is 0.448 e. The predicted octanol–water partition coefficient (Wildman–Crippen LogP) is 2.03. The van der Waals surface area contributed by atoms with Crippen molar-refractivity contribution in [1.82, 2.24) is 0 Å². The molecule has 1 amide bonds. The van der Waals surface area contributed by atoms with Crippen LogP contribution in [0.3, 0.4) is 0 Å². The van der Waals surface area contributed by atoms with E-state index in [2.05, 4.69) is 9.73 Å². The molecule has 1 aromatic carbocycles. The molecule has 16 heavy (non-hydrogen) atoms. The zero-order valence-corrected chi connectivity index (χ0v) is 9.05. The van der Waals surface area contributed by atoms with Crippen molar-refractivity contribution >= 4 is 18.1 Å². The molecule has 4 nitrogen and oxygen atoms in total. The minimum atomic E-state index is -0.722. The van der Waals surface area contributed by atoms with Crippen LogP contribution in [0.4, 0.5) is 4.79 Å². The van der Waals surface area contributed by atoms with E-state index in [-0.39, 0.29) is 12.3 Å². The Morgan fingerprint density at radius 3 is 2.62 bits per heavy atom. The molecule has 0 radical (unpaired) electrons. The van der Waals surface area contributed by atoms with Gasteiger partial charge in [-0.2, -0.15) is 4.99 Å². The van der Waals surface area contributed by atoms with Gasteiger partial charge in [0.05, 0.1) is 12.3 Å². The topological polar surface area (TPSA) is 55.7 Å². The summed E-state index contributed by atoms with van der Waals surface area (Å²) >= 11 is 0. The van der Waals surface area contributed by atoms with E-state index < -0.39 is 6.09 Å². The average Bonchev–Trinajstić information content (AvgIpc) is 2.30. The van der Waals surface area contributed by atoms with Crippen LogP contribution in [0.1, 0.15) is 12.5 Å². The van der Waals surface area contributed by atoms with E-state index in [0.717, 1.165) is 5.56 Å². The van der Waals surface area contributed by atoms with E-state index in [9.17, 15) is 9.59 Å². The molecule has 84 valence electrons. The summed E-state index contributed by atoms with van der Waals surface area (Å²) in [7, 11) is 0. The Morgan fingerprint density at radius 2 is 2.06 bits per heavy atom. The molecule has 0 heterocycles. The summed E-state index contributed by atoms with van der Waals surface area (Å²) < 4.78 is 4.63. The lowest BCUT2D eigenvalue weighted by molar-refractivity contribution is -0.102. The first-order valence-electron chi connectivity index (χ1n) is 4.99. The van der Waals surface area contributed by atoms with Crippen LogP contribution in [0, 0.1) is 0 Å². The second-order valence-electron chi connectivity index (χ2n) is 3.08. The van der Waals surface area contributed by atoms with Crippen LogP contribution in [0.15, 0.2) is 35.3 Å². The number of benzene rings is 1. The van der Waals surface area contributed by atoms with Crippen molar-refractivity contribution in [2.45, 2.75) is 13.3 Å². The van der Waals surface area contributed by atoms with Crippen LogP contribution < -0.4 is 0 Å². The molecule has 1 rings (SSSR count). The third-order valence-electron chi connectivity index (χ3n) is 1.87. The van der Waals surface area contributed by atoms with Crippen LogP contribution in [0.5, 0.6) is 0 Å². The van der Waals surface area contributed by atoms with Crippen LogP contribution >= 0.6 is 0 Å². The lowest BCUT2D eigenvalue weighted by atomic mass is 10.1. The number of rotatable bonds is 4. The fourth-order valence-corrected chi connectivity index (χ4v) is 1.19. The molecular weight excluding hydrogens is 206 g/mol. The van der Waals surface area contributed by atoms with Crippen LogP contribution in [-0.4, -0.2) is 24.7 Å². The van der Waals surface area contributed by atoms with Crippen molar-refractivity contribution in [3.05, 3.63) is 35.9 Å². The highest BCUT2D eigenvalue weighted by molar-refractivity contribution is 6.30. The van der Waals surface area contributed by atoms with Gasteiger partial charge < -0.3 is 4.74 Å². The van der Waals surface area contributed by atoms with Crippen molar-refractivity contribution in [3.8, 4) is 0 Å². The second-order valence-corrected chi connectivity index (χ2v) is 3.08. The van der Waals surface area contributed by atoms with Gasteiger partial charge in [-0.25, -0.2) is 4.79 Å². The Labute approximate surface area is 94.0 Å². The fraction of sp³-hybridized carbons (Fsp3) is 0.250. The third-order valence-corrected chi connectivity index (χ3v) is 1.87. The van der Waals surface area contributed by atoms with Gasteiger partial charge in [-0.15, -0.1) is 0 Å². The summed E-state index contributed by atoms with van der Waals surface area (Å²) in [6.07, 6.45) is 0.188. The van der Waals surface area contributed by atoms with Gasteiger partial charge in [0.1, 0.15) is 0 Å². The Balaban J connectivity index is 2.69. The Kier molecular flexibility index (Phi) is 4.92. The number of carbonyl (C=O) groups is 2. The zero-order valence-electron chi connectivity index (χ0n) is 9.05. The molecule has 0 aliphatic heterocycles. The minimum Gasteiger partial charge on any atom is -0.448 e. The van der Waals surface area contributed by atoms with Gasteiger partial charge in [0, 0.05) is 6.42 Å². The van der Waals surface area contributed by atoms with E-state index in [1.807, 2.05) is 30.3 Å². The van der Waals surface area contributed by atoms with Crippen LogP contribution in [0.2, 0.25) is 0 Å². The summed E-state index contributed by atoms with van der Waals surface area (Å²) in [5, 5.41) is 0. The number of nitrogens with zero attached hydrogens (tertiary/aromatic N) is 1. The molecule has 0 aliphatic carbocycles. The molecule has 0 N–H and O–H groups in total. The van der Waals surface area contributed by atoms with Crippen molar-refractivity contribution in [2.75, 3.05) is 6.61 Å². The van der Waals surface area contributed by atoms with Gasteiger partial charge in [0.15, 0.2) is 6.29 Å². The normalized spacial score (nSPS) is 10.9. The van der Waals surface area contributed by atoms with Gasteiger partial charge in [0.25, 0.3) is 0 Å². The molecule has 0 aromatic heterocycles. The number of ether oxygens (including phenoxy) is 1. The van der Waals surface area contributed by atoms with Crippen molar-refractivity contribution < 1.29 is 14.3 Å². The molecule has 0 aliphatic rings. The molecule has 0 saturated heterocycles. The fourth-order valence-electron chi connectivity index (χ4n) is 1.19. The summed E-state index contributed by atoms with van der Waals surface area (Å²) in [5.41, 5.74) is 1.10. The first-order valence-corrected chi connectivity index (χ1v) is 4.99. The monoisotopic (exact) mass is 219 g/mol. The predicted molar refractivity (Wildman–Crippen MR) is 60.7 cm³/mol. The maximum Gasteiger partial charge on any atom is 0.433 e. The van der Waals surface area contributed by atoms with E-state index in [4.69, 9.17) is 0 Å². The molecule has 0 saturated carbocycles. The first kappa shape index (κ1) is 12.1. The summed E-state index contributed by atoms with van der Waals surface area (Å²) in [4.78, 5) is 25.3. The average molecular weight is 219 g/mol. The number of carbonyl (C=O) groups excluding carboxylic acids is 2. The smallest absolute Gasteiger partial charge is 0.433 e. The maximum atomic E-state index is 11.0. The lowest BCUT2D eigenvalue weighted by Crippen LogP contribution is -2.09. The number of amides is 1. The third kappa shape index (κ3) is 4.04. The minimum absolute atomic E-state index is 0.171. The van der Waals surface area contributed by atoms with Crippen molar-refractivity contribution in [2.24, 2.45) is 4.99 Å². The molecule has 0 spiro atoms. The quantitative estimate of drug-likeness (QED) is 0.575. The molecule has 0 atom stereocenters. The van der Waals surface area contributed by atoms with E-state index in [0.29, 0.717) is 12.7 Å². The first-order chi connectivity index (χ1) is 7.76. The summed E-state index contributed by atoms with van der Waals surface area (Å²) in [5.74, 6) is 0. The highest BCUT2D eigenvalue weighted by Gasteiger charge is 2.04. The number of aldehydes is 1. The van der Waals surface area contributed by atoms with Crippen LogP contribution in [0.25, 0.3) is 0 Å². The lowest BCUT2D eigenvalue weighted by Gasteiger charge is -2.00. The summed E-state index contributed by atoms with van der Waals surface area (Å²) in [6, 6.07) is 9.34. The number of hydrogen-bond acceptors (Lipinski definition) is 3. The van der Waals surface area contributed by atoms with Gasteiger partial charge in [-0.3, -0.25) is 4.79 Å². The molecule has 4 heteroatoms. The highest BCUT2D eigenvalue weighted by atomic mass is 16.5. The summed E-state index contributed by atoms with van der Waals surface area (Å²) in [6.45, 7) is 1.94. The van der Waals surface area contributed by atoms with Gasteiger partial charge in [0.2, 0.25) is 0 Å². The van der Waals surface area contributed by atoms with Crippen molar-refractivity contribution in [3.63, 3.8) is 0 Å². The van der Waals surface area contributed by atoms with E-state index in [1.54, 1.807) is 6.92 Å². The zero-order chi connectivity index (χ0) is 11.8. The molecular formula is C12H13NO3. The van der Waals surface area contributed by atoms with Gasteiger partial charge in [-0.05, 0) is 12.5 Å². The van der Waals surface area contributed by atoms with E-state index >= 15 is 0 Å². The number of aliphatic imine (C=N–C) groups is 1. The molecule has 1 aromatic rings. The molecule has 0 bridgehead atoms. The second kappa shape index (κ2) is 6.50. The number of hydrogen-bond donors (Lipinski definition) is 0. The Hall–Kier alpha value is -1.97. The Bertz CT molecular complexity index is 385. The SMILES string of the molecule is CCOC(=O)N=C(C=O)Cc1ccccc1. The van der Waals surface area contributed by atoms with Crippen molar-refractivity contribution in [1.29, 1.82) is 0 Å². The van der Waals surface area contributed by atoms with Crippen LogP contribution in [-0.2, 0) is 16.0 Å². The molecule has 0 unspecified atom stereocenters. The van der Waals surface area contributed by atoms with Gasteiger partial charge >= 0.3 is 6.09 Å². The van der Waals surface area contributed by atoms with Gasteiger partial charge in [-0.1, -0.05) is 30.3 Å². The highest BCUT2D eigenvalue weighted by Crippen LogP contribution is 2.00. The molecule has 0 fully saturated rings. The standard InChI is InChI=1S/C12H13NO3/c1-2-16-12(15)13-11(9-14)8-10-6-4-3-5-7-10/h3-7,9H,2,8H2,1H3.